The standard InChI is InChI=1S/C23H23FN4O2S/c24-17-4-2-5-18(14-17)25-22-21-20(9-12-31(21)30)26-23(27-22)28-10-7-15(8-11-28)16-3-1-6-19(29)13-16/h1-6,13-15,29H,7-12H2,(H,25,26,27)/t31-/m1/s1. The highest BCUT2D eigenvalue weighted by Crippen LogP contribution is 2.35. The molecule has 2 aromatic carbocycles. The van der Waals surface area contributed by atoms with E-state index in [1.807, 2.05) is 12.1 Å². The van der Waals surface area contributed by atoms with Crippen LogP contribution >= 0.6 is 0 Å². The zero-order valence-electron chi connectivity index (χ0n) is 16.9. The maximum absolute atomic E-state index is 13.6. The fourth-order valence-corrected chi connectivity index (χ4v) is 5.61. The number of benzene rings is 2. The summed E-state index contributed by atoms with van der Waals surface area (Å²) in [6, 6.07) is 13.6. The number of fused-ring (bicyclic) bond motifs is 1. The van der Waals surface area contributed by atoms with Crippen molar-refractivity contribution in [3.05, 3.63) is 65.6 Å². The Kier molecular flexibility index (Phi) is 5.31. The Morgan fingerprint density at radius 1 is 1.10 bits per heavy atom. The lowest BCUT2D eigenvalue weighted by Crippen LogP contribution is -2.34. The number of phenols is 1. The van der Waals surface area contributed by atoms with E-state index in [-0.39, 0.29) is 5.82 Å². The minimum Gasteiger partial charge on any atom is -0.508 e. The lowest BCUT2D eigenvalue weighted by Gasteiger charge is -2.32. The SMILES string of the molecule is O=[S@@]1CCc2nc(N3CCC(c4cccc(O)c4)CC3)nc(Nc3cccc(F)c3)c21. The normalized spacial score (nSPS) is 18.7. The van der Waals surface area contributed by atoms with Gasteiger partial charge in [0.2, 0.25) is 5.95 Å². The van der Waals surface area contributed by atoms with Crippen LogP contribution in [-0.2, 0) is 17.2 Å². The smallest absolute Gasteiger partial charge is 0.227 e. The first-order chi connectivity index (χ1) is 15.1. The number of anilines is 3. The third-order valence-corrected chi connectivity index (χ3v) is 7.34. The number of aromatic nitrogens is 2. The van der Waals surface area contributed by atoms with E-state index < -0.39 is 10.8 Å². The van der Waals surface area contributed by atoms with E-state index in [2.05, 4.69) is 16.3 Å². The van der Waals surface area contributed by atoms with Crippen LogP contribution in [0.2, 0.25) is 0 Å². The molecule has 1 saturated heterocycles. The maximum Gasteiger partial charge on any atom is 0.227 e. The van der Waals surface area contributed by atoms with Gasteiger partial charge in [0, 0.05) is 31.0 Å². The second-order valence-corrected chi connectivity index (χ2v) is 9.45. The molecule has 8 heteroatoms. The molecule has 0 spiro atoms. The monoisotopic (exact) mass is 438 g/mol. The molecule has 0 unspecified atom stereocenters. The number of aryl methyl sites for hydroxylation is 1. The van der Waals surface area contributed by atoms with Crippen LogP contribution in [-0.4, -0.2) is 38.1 Å². The number of halogens is 1. The van der Waals surface area contributed by atoms with Gasteiger partial charge in [-0.1, -0.05) is 18.2 Å². The Bertz CT molecular complexity index is 1150. The topological polar surface area (TPSA) is 78.4 Å². The highest BCUT2D eigenvalue weighted by Gasteiger charge is 2.29. The summed E-state index contributed by atoms with van der Waals surface area (Å²) in [4.78, 5) is 12.2. The fourth-order valence-electron chi connectivity index (χ4n) is 4.30. The van der Waals surface area contributed by atoms with Crippen LogP contribution in [0.15, 0.2) is 53.4 Å². The van der Waals surface area contributed by atoms with Gasteiger partial charge in [0.25, 0.3) is 0 Å². The van der Waals surface area contributed by atoms with Gasteiger partial charge in [0.05, 0.1) is 16.5 Å². The van der Waals surface area contributed by atoms with E-state index in [1.165, 1.54) is 12.1 Å². The number of rotatable bonds is 4. The predicted octanol–water partition coefficient (Wildman–Crippen LogP) is 4.11. The predicted molar refractivity (Wildman–Crippen MR) is 119 cm³/mol. The van der Waals surface area contributed by atoms with E-state index in [0.717, 1.165) is 37.2 Å². The molecule has 0 bridgehead atoms. The lowest BCUT2D eigenvalue weighted by molar-refractivity contribution is 0.467. The van der Waals surface area contributed by atoms with Crippen molar-refractivity contribution in [1.29, 1.82) is 0 Å². The zero-order valence-corrected chi connectivity index (χ0v) is 17.7. The summed E-state index contributed by atoms with van der Waals surface area (Å²) in [5.41, 5.74) is 2.52. The molecule has 5 rings (SSSR count). The van der Waals surface area contributed by atoms with Crippen LogP contribution in [0.1, 0.15) is 30.0 Å². The molecule has 1 fully saturated rings. The van der Waals surface area contributed by atoms with Gasteiger partial charge in [0.15, 0.2) is 5.82 Å². The van der Waals surface area contributed by atoms with Gasteiger partial charge in [-0.2, -0.15) is 4.98 Å². The summed E-state index contributed by atoms with van der Waals surface area (Å²) in [5, 5.41) is 12.9. The summed E-state index contributed by atoms with van der Waals surface area (Å²) < 4.78 is 26.2. The summed E-state index contributed by atoms with van der Waals surface area (Å²) in [7, 11) is -1.16. The Morgan fingerprint density at radius 3 is 2.68 bits per heavy atom. The number of hydrogen-bond acceptors (Lipinski definition) is 6. The van der Waals surface area contributed by atoms with E-state index in [9.17, 15) is 13.7 Å². The molecule has 3 aromatic rings. The summed E-state index contributed by atoms with van der Waals surface area (Å²) in [6.07, 6.45) is 2.51. The van der Waals surface area contributed by atoms with E-state index in [0.29, 0.717) is 46.2 Å². The molecule has 3 heterocycles. The van der Waals surface area contributed by atoms with Crippen molar-refractivity contribution in [2.45, 2.75) is 30.1 Å². The Hall–Kier alpha value is -3.00. The molecule has 0 aliphatic carbocycles. The largest absolute Gasteiger partial charge is 0.508 e. The Balaban J connectivity index is 1.39. The first kappa shape index (κ1) is 19.9. The quantitative estimate of drug-likeness (QED) is 0.638. The minimum atomic E-state index is -1.16. The number of nitrogens with one attached hydrogen (secondary N) is 1. The van der Waals surface area contributed by atoms with Crippen LogP contribution in [0, 0.1) is 5.82 Å². The summed E-state index contributed by atoms with van der Waals surface area (Å²) in [5.74, 6) is 1.98. The molecule has 2 aliphatic rings. The van der Waals surface area contributed by atoms with Gasteiger partial charge in [-0.05, 0) is 54.7 Å². The van der Waals surface area contributed by atoms with Crippen LogP contribution < -0.4 is 10.2 Å². The number of nitrogens with zero attached hydrogens (tertiary/aromatic N) is 3. The van der Waals surface area contributed by atoms with Crippen LogP contribution in [0.25, 0.3) is 0 Å². The third kappa shape index (κ3) is 4.12. The number of hydrogen-bond donors (Lipinski definition) is 2. The van der Waals surface area contributed by atoms with Crippen molar-refractivity contribution in [3.63, 3.8) is 0 Å². The van der Waals surface area contributed by atoms with Crippen molar-refractivity contribution in [1.82, 2.24) is 9.97 Å². The van der Waals surface area contributed by atoms with E-state index in [4.69, 9.17) is 9.97 Å². The van der Waals surface area contributed by atoms with Crippen LogP contribution in [0.3, 0.4) is 0 Å². The van der Waals surface area contributed by atoms with Crippen LogP contribution in [0.5, 0.6) is 5.75 Å². The molecular formula is C23H23FN4O2S. The van der Waals surface area contributed by atoms with Gasteiger partial charge in [-0.15, -0.1) is 0 Å². The van der Waals surface area contributed by atoms with Crippen molar-refractivity contribution < 1.29 is 13.7 Å². The van der Waals surface area contributed by atoms with Crippen molar-refractivity contribution >= 4 is 28.3 Å². The number of piperidine rings is 1. The third-order valence-electron chi connectivity index (χ3n) is 5.88. The highest BCUT2D eigenvalue weighted by molar-refractivity contribution is 7.85. The fraction of sp³-hybridized carbons (Fsp3) is 0.304. The second-order valence-electron chi connectivity index (χ2n) is 7.94. The number of aromatic hydroxyl groups is 1. The first-order valence-electron chi connectivity index (χ1n) is 10.4. The number of phenolic OH excluding ortho intramolecular Hbond substituents is 1. The molecule has 2 N–H and O–H groups in total. The average Bonchev–Trinajstić information content (AvgIpc) is 3.15. The zero-order chi connectivity index (χ0) is 21.4. The summed E-state index contributed by atoms with van der Waals surface area (Å²) >= 11 is 0. The molecule has 6 nitrogen and oxygen atoms in total. The van der Waals surface area contributed by atoms with E-state index in [1.54, 1.807) is 18.2 Å². The highest BCUT2D eigenvalue weighted by atomic mass is 32.2. The minimum absolute atomic E-state index is 0.294. The van der Waals surface area contributed by atoms with Gasteiger partial charge in [-0.25, -0.2) is 9.37 Å². The molecule has 0 radical (unpaired) electrons. The van der Waals surface area contributed by atoms with Gasteiger partial charge >= 0.3 is 0 Å². The maximum atomic E-state index is 13.6. The van der Waals surface area contributed by atoms with E-state index >= 15 is 0 Å². The molecule has 1 aromatic heterocycles. The summed E-state index contributed by atoms with van der Waals surface area (Å²) in [6.45, 7) is 1.59. The van der Waals surface area contributed by atoms with Crippen molar-refractivity contribution in [2.24, 2.45) is 0 Å². The van der Waals surface area contributed by atoms with Gasteiger partial charge < -0.3 is 15.3 Å². The average molecular weight is 439 g/mol. The molecular weight excluding hydrogens is 415 g/mol. The molecule has 31 heavy (non-hydrogen) atoms. The molecule has 0 saturated carbocycles. The second kappa shape index (κ2) is 8.26. The first-order valence-corrected chi connectivity index (χ1v) is 11.7. The van der Waals surface area contributed by atoms with Crippen molar-refractivity contribution in [2.75, 3.05) is 29.1 Å². The Morgan fingerprint density at radius 2 is 1.90 bits per heavy atom. The lowest BCUT2D eigenvalue weighted by atomic mass is 9.89. The van der Waals surface area contributed by atoms with Crippen molar-refractivity contribution in [3.8, 4) is 5.75 Å². The van der Waals surface area contributed by atoms with Gasteiger partial charge in [-0.3, -0.25) is 4.21 Å². The molecule has 2 aliphatic heterocycles. The van der Waals surface area contributed by atoms with Crippen LogP contribution in [0.4, 0.5) is 21.8 Å². The Labute approximate surface area is 182 Å². The molecule has 0 amide bonds. The molecule has 160 valence electrons. The van der Waals surface area contributed by atoms with Gasteiger partial charge in [0.1, 0.15) is 16.5 Å². The molecule has 1 atom stereocenters.